The topological polar surface area (TPSA) is 65.1 Å². The third-order valence-corrected chi connectivity index (χ3v) is 3.70. The van der Waals surface area contributed by atoms with Crippen LogP contribution < -0.4 is 0 Å². The molecule has 3 aliphatic rings. The predicted molar refractivity (Wildman–Crippen MR) is 51.3 cm³/mol. The van der Waals surface area contributed by atoms with E-state index in [1.54, 1.807) is 0 Å². The lowest BCUT2D eigenvalue weighted by Gasteiger charge is -2.13. The number of ether oxygens (including phenoxy) is 3. The van der Waals surface area contributed by atoms with E-state index in [-0.39, 0.29) is 24.0 Å². The van der Waals surface area contributed by atoms with Crippen molar-refractivity contribution in [1.82, 2.24) is 0 Å². The SMILES string of the molecule is COC(=O)C1=C(C(=O)OC)[C@H]2C[C@H]1[C@H]1O[C@@H]12. The molecule has 0 aromatic carbocycles. The van der Waals surface area contributed by atoms with E-state index in [2.05, 4.69) is 0 Å². The number of epoxide rings is 1. The van der Waals surface area contributed by atoms with Crippen LogP contribution in [0.15, 0.2) is 11.1 Å². The van der Waals surface area contributed by atoms with E-state index in [4.69, 9.17) is 14.2 Å². The number of carbonyl (C=O) groups excluding carboxylic acids is 2. The van der Waals surface area contributed by atoms with E-state index < -0.39 is 11.9 Å². The number of esters is 2. The fourth-order valence-corrected chi connectivity index (χ4v) is 3.03. The minimum Gasteiger partial charge on any atom is -0.466 e. The van der Waals surface area contributed by atoms with Crippen LogP contribution in [0.5, 0.6) is 0 Å². The summed E-state index contributed by atoms with van der Waals surface area (Å²) in [6.45, 7) is 0. The molecule has 0 spiro atoms. The van der Waals surface area contributed by atoms with Gasteiger partial charge in [0, 0.05) is 11.8 Å². The zero-order valence-electron chi connectivity index (χ0n) is 9.06. The molecule has 1 aliphatic heterocycles. The minimum absolute atomic E-state index is 0.0246. The van der Waals surface area contributed by atoms with E-state index >= 15 is 0 Å². The molecule has 4 atom stereocenters. The van der Waals surface area contributed by atoms with Crippen molar-refractivity contribution in [2.75, 3.05) is 14.2 Å². The van der Waals surface area contributed by atoms with Crippen molar-refractivity contribution in [2.24, 2.45) is 11.8 Å². The van der Waals surface area contributed by atoms with E-state index in [1.165, 1.54) is 14.2 Å². The minimum atomic E-state index is -0.429. The summed E-state index contributed by atoms with van der Waals surface area (Å²) in [5.74, 6) is -0.809. The molecule has 1 saturated carbocycles. The molecule has 0 aromatic rings. The van der Waals surface area contributed by atoms with Crippen molar-refractivity contribution in [3.8, 4) is 0 Å². The van der Waals surface area contributed by atoms with Crippen LogP contribution in [-0.4, -0.2) is 38.4 Å². The zero-order chi connectivity index (χ0) is 11.4. The van der Waals surface area contributed by atoms with Gasteiger partial charge in [-0.15, -0.1) is 0 Å². The van der Waals surface area contributed by atoms with Crippen LogP contribution >= 0.6 is 0 Å². The second kappa shape index (κ2) is 3.07. The molecule has 3 rings (SSSR count). The summed E-state index contributed by atoms with van der Waals surface area (Å²) < 4.78 is 14.9. The van der Waals surface area contributed by atoms with Gasteiger partial charge < -0.3 is 14.2 Å². The van der Waals surface area contributed by atoms with Crippen molar-refractivity contribution in [1.29, 1.82) is 0 Å². The number of carbonyl (C=O) groups is 2. The van der Waals surface area contributed by atoms with Crippen LogP contribution in [-0.2, 0) is 23.8 Å². The van der Waals surface area contributed by atoms with Crippen LogP contribution in [0.25, 0.3) is 0 Å². The standard InChI is InChI=1S/C11H12O5/c1-14-10(12)6-4-3-5(9-8(4)16-9)7(6)11(13)15-2/h4-5,8-9H,3H2,1-2H3/t4-,5-,8-,9-/m1/s1. The molecule has 0 radical (unpaired) electrons. The molecule has 0 amide bonds. The fraction of sp³-hybridized carbons (Fsp3) is 0.636. The summed E-state index contributed by atoms with van der Waals surface area (Å²) in [6.07, 6.45) is 1.05. The lowest BCUT2D eigenvalue weighted by molar-refractivity contribution is -0.139. The summed E-state index contributed by atoms with van der Waals surface area (Å²) >= 11 is 0. The molecule has 86 valence electrons. The van der Waals surface area contributed by atoms with Gasteiger partial charge in [0.25, 0.3) is 0 Å². The van der Waals surface area contributed by atoms with Crippen molar-refractivity contribution in [3.05, 3.63) is 11.1 Å². The molecular weight excluding hydrogens is 212 g/mol. The molecule has 1 saturated heterocycles. The highest BCUT2D eigenvalue weighted by Crippen LogP contribution is 2.59. The van der Waals surface area contributed by atoms with Gasteiger partial charge in [-0.3, -0.25) is 0 Å². The molecule has 0 N–H and O–H groups in total. The Morgan fingerprint density at radius 1 is 1.06 bits per heavy atom. The summed E-state index contributed by atoms with van der Waals surface area (Å²) in [7, 11) is 2.64. The molecule has 2 fully saturated rings. The van der Waals surface area contributed by atoms with E-state index in [0.717, 1.165) is 6.42 Å². The van der Waals surface area contributed by atoms with Crippen molar-refractivity contribution < 1.29 is 23.8 Å². The Balaban J connectivity index is 2.03. The first kappa shape index (κ1) is 9.84. The monoisotopic (exact) mass is 224 g/mol. The van der Waals surface area contributed by atoms with Crippen LogP contribution in [0.1, 0.15) is 6.42 Å². The summed E-state index contributed by atoms with van der Waals surface area (Å²) in [6, 6.07) is 0. The molecule has 2 bridgehead atoms. The van der Waals surface area contributed by atoms with Crippen molar-refractivity contribution >= 4 is 11.9 Å². The Morgan fingerprint density at radius 3 is 1.88 bits per heavy atom. The first-order chi connectivity index (χ1) is 7.69. The number of hydrogen-bond donors (Lipinski definition) is 0. The summed E-state index contributed by atoms with van der Waals surface area (Å²) in [4.78, 5) is 23.3. The van der Waals surface area contributed by atoms with E-state index in [0.29, 0.717) is 11.1 Å². The molecule has 5 heteroatoms. The van der Waals surface area contributed by atoms with Crippen molar-refractivity contribution in [3.63, 3.8) is 0 Å². The first-order valence-electron chi connectivity index (χ1n) is 5.25. The maximum absolute atomic E-state index is 11.7. The second-order valence-electron chi connectivity index (χ2n) is 4.32. The Morgan fingerprint density at radius 2 is 1.50 bits per heavy atom. The highest BCUT2D eigenvalue weighted by Gasteiger charge is 2.65. The third-order valence-electron chi connectivity index (χ3n) is 3.70. The van der Waals surface area contributed by atoms with E-state index in [1.807, 2.05) is 0 Å². The number of hydrogen-bond acceptors (Lipinski definition) is 5. The molecule has 0 aromatic heterocycles. The number of rotatable bonds is 2. The number of methoxy groups -OCH3 is 2. The third kappa shape index (κ3) is 1.04. The quantitative estimate of drug-likeness (QED) is 0.489. The van der Waals surface area contributed by atoms with Gasteiger partial charge in [-0.25, -0.2) is 9.59 Å². The van der Waals surface area contributed by atoms with Crippen LogP contribution in [0, 0.1) is 11.8 Å². The summed E-state index contributed by atoms with van der Waals surface area (Å²) in [5.41, 5.74) is 0.941. The predicted octanol–water partition coefficient (Wildman–Crippen LogP) is 0.0461. The average Bonchev–Trinajstić information content (AvgIpc) is 2.93. The average molecular weight is 224 g/mol. The molecule has 1 heterocycles. The lowest BCUT2D eigenvalue weighted by Crippen LogP contribution is -2.23. The largest absolute Gasteiger partial charge is 0.466 e. The van der Waals surface area contributed by atoms with Gasteiger partial charge in [0.15, 0.2) is 0 Å². The molecule has 16 heavy (non-hydrogen) atoms. The lowest BCUT2D eigenvalue weighted by atomic mass is 9.92. The highest BCUT2D eigenvalue weighted by molar-refractivity contribution is 6.03. The first-order valence-corrected chi connectivity index (χ1v) is 5.25. The van der Waals surface area contributed by atoms with Gasteiger partial charge in [-0.2, -0.15) is 0 Å². The van der Waals surface area contributed by atoms with Crippen LogP contribution in [0.4, 0.5) is 0 Å². The van der Waals surface area contributed by atoms with Gasteiger partial charge in [-0.05, 0) is 6.42 Å². The van der Waals surface area contributed by atoms with Gasteiger partial charge in [-0.1, -0.05) is 0 Å². The number of fused-ring (bicyclic) bond motifs is 5. The smallest absolute Gasteiger partial charge is 0.334 e. The van der Waals surface area contributed by atoms with Gasteiger partial charge in [0.1, 0.15) is 0 Å². The van der Waals surface area contributed by atoms with Gasteiger partial charge in [0.05, 0.1) is 37.6 Å². The summed E-state index contributed by atoms with van der Waals surface area (Å²) in [5, 5.41) is 0. The Hall–Kier alpha value is -1.36. The van der Waals surface area contributed by atoms with E-state index in [9.17, 15) is 9.59 Å². The van der Waals surface area contributed by atoms with Gasteiger partial charge in [0.2, 0.25) is 0 Å². The molecular formula is C11H12O5. The Labute approximate surface area is 92.3 Å². The van der Waals surface area contributed by atoms with Crippen molar-refractivity contribution in [2.45, 2.75) is 18.6 Å². The molecule has 5 nitrogen and oxygen atoms in total. The Kier molecular flexibility index (Phi) is 1.89. The fourth-order valence-electron chi connectivity index (χ4n) is 3.03. The van der Waals surface area contributed by atoms with Gasteiger partial charge >= 0.3 is 11.9 Å². The van der Waals surface area contributed by atoms with Crippen LogP contribution in [0.3, 0.4) is 0 Å². The van der Waals surface area contributed by atoms with Crippen LogP contribution in [0.2, 0.25) is 0 Å². The zero-order valence-corrected chi connectivity index (χ0v) is 9.06. The maximum atomic E-state index is 11.7. The molecule has 2 aliphatic carbocycles. The maximum Gasteiger partial charge on any atom is 0.334 e. The highest BCUT2D eigenvalue weighted by atomic mass is 16.6. The normalized spacial score (nSPS) is 38.4. The Bertz CT molecular complexity index is 375. The molecule has 0 unspecified atom stereocenters. The second-order valence-corrected chi connectivity index (χ2v) is 4.32.